The number of para-hydroxylation sites is 2. The van der Waals surface area contributed by atoms with Crippen molar-refractivity contribution in [3.05, 3.63) is 182 Å². The van der Waals surface area contributed by atoms with Crippen LogP contribution in [0, 0.1) is 0 Å². The topological polar surface area (TPSA) is 77.8 Å². The van der Waals surface area contributed by atoms with Gasteiger partial charge in [-0.15, -0.1) is 0 Å². The van der Waals surface area contributed by atoms with Gasteiger partial charge in [-0.1, -0.05) is 158 Å². The van der Waals surface area contributed by atoms with Gasteiger partial charge in [-0.25, -0.2) is 9.97 Å². The molecule has 0 aliphatic rings. The Kier molecular flexibility index (Phi) is 7.38. The van der Waals surface area contributed by atoms with Crippen molar-refractivity contribution in [2.75, 3.05) is 0 Å². The maximum atomic E-state index is 6.49. The Labute approximate surface area is 321 Å². The van der Waals surface area contributed by atoms with E-state index in [1.54, 1.807) is 0 Å². The van der Waals surface area contributed by atoms with E-state index in [0.717, 1.165) is 88.6 Å². The molecule has 0 saturated heterocycles. The Balaban J connectivity index is 1.15. The maximum Gasteiger partial charge on any atom is 0.231 e. The molecule has 0 aliphatic carbocycles. The van der Waals surface area contributed by atoms with E-state index < -0.39 is 0 Å². The third kappa shape index (κ3) is 5.35. The summed E-state index contributed by atoms with van der Waals surface area (Å²) in [5.41, 5.74) is 12.0. The predicted octanol–water partition coefficient (Wildman–Crippen LogP) is 13.1. The molecule has 56 heavy (non-hydrogen) atoms. The van der Waals surface area contributed by atoms with Crippen LogP contribution >= 0.6 is 0 Å². The molecular weight excluding hydrogens is 689 g/mol. The van der Waals surface area contributed by atoms with Crippen LogP contribution < -0.4 is 0 Å². The lowest BCUT2D eigenvalue weighted by molar-refractivity contribution is 0.653. The third-order valence-corrected chi connectivity index (χ3v) is 10.4. The summed E-state index contributed by atoms with van der Waals surface area (Å²) in [5.74, 6) is 1.09. The molecule has 262 valence electrons. The van der Waals surface area contributed by atoms with Gasteiger partial charge in [0.25, 0.3) is 0 Å². The van der Waals surface area contributed by atoms with Gasteiger partial charge in [0.2, 0.25) is 11.4 Å². The van der Waals surface area contributed by atoms with Crippen LogP contribution in [0.4, 0.5) is 0 Å². The Morgan fingerprint density at radius 2 is 0.750 bits per heavy atom. The van der Waals surface area contributed by atoms with Crippen molar-refractivity contribution >= 4 is 44.1 Å². The molecule has 6 nitrogen and oxygen atoms in total. The number of aromatic nitrogens is 4. The van der Waals surface area contributed by atoms with Crippen LogP contribution in [0.1, 0.15) is 0 Å². The van der Waals surface area contributed by atoms with Crippen LogP contribution in [-0.4, -0.2) is 19.9 Å². The van der Waals surface area contributed by atoms with Gasteiger partial charge < -0.3 is 8.83 Å². The van der Waals surface area contributed by atoms with E-state index in [9.17, 15) is 0 Å². The highest BCUT2D eigenvalue weighted by atomic mass is 16.3. The smallest absolute Gasteiger partial charge is 0.231 e. The lowest BCUT2D eigenvalue weighted by atomic mass is 9.98. The van der Waals surface area contributed by atoms with Crippen molar-refractivity contribution in [3.8, 4) is 67.5 Å². The summed E-state index contributed by atoms with van der Waals surface area (Å²) in [6.45, 7) is 0. The van der Waals surface area contributed by atoms with Gasteiger partial charge in [-0.05, 0) is 46.5 Å². The summed E-state index contributed by atoms with van der Waals surface area (Å²) in [4.78, 5) is 20.9. The van der Waals surface area contributed by atoms with Gasteiger partial charge in [0.05, 0.1) is 22.2 Å². The SMILES string of the molecule is c1ccc(-c2cccc(-c3nc(-c4ccccc4-c4nc(-c5cccc(-c6ccccc6)c5)c5c(n4)oc4ccccc45)c4c(n3)oc3ccccc34)c2)cc1. The Bertz CT molecular complexity index is 3260. The molecule has 0 saturated carbocycles. The molecular formula is C50H30N4O2. The molecule has 0 amide bonds. The average molecular weight is 719 g/mol. The van der Waals surface area contributed by atoms with Gasteiger partial charge in [0, 0.05) is 33.0 Å². The molecule has 0 bridgehead atoms. The van der Waals surface area contributed by atoms with Crippen molar-refractivity contribution in [1.29, 1.82) is 0 Å². The van der Waals surface area contributed by atoms with Crippen molar-refractivity contribution in [2.24, 2.45) is 0 Å². The molecule has 0 aliphatic heterocycles. The molecule has 0 N–H and O–H groups in total. The van der Waals surface area contributed by atoms with E-state index in [1.807, 2.05) is 84.9 Å². The number of fused-ring (bicyclic) bond motifs is 6. The fraction of sp³-hybridized carbons (Fsp3) is 0. The predicted molar refractivity (Wildman–Crippen MR) is 225 cm³/mol. The zero-order valence-corrected chi connectivity index (χ0v) is 29.9. The van der Waals surface area contributed by atoms with Crippen molar-refractivity contribution in [3.63, 3.8) is 0 Å². The minimum atomic E-state index is 0.512. The first-order valence-corrected chi connectivity index (χ1v) is 18.6. The average Bonchev–Trinajstić information content (AvgIpc) is 3.85. The number of rotatable bonds is 6. The zero-order chi connectivity index (χ0) is 37.0. The maximum absolute atomic E-state index is 6.49. The molecule has 11 aromatic rings. The Morgan fingerprint density at radius 1 is 0.304 bits per heavy atom. The second kappa shape index (κ2) is 13.0. The van der Waals surface area contributed by atoms with Crippen molar-refractivity contribution in [1.82, 2.24) is 19.9 Å². The highest BCUT2D eigenvalue weighted by Gasteiger charge is 2.24. The first-order chi connectivity index (χ1) is 27.7. The van der Waals surface area contributed by atoms with E-state index >= 15 is 0 Å². The molecule has 4 aromatic heterocycles. The summed E-state index contributed by atoms with van der Waals surface area (Å²) in [7, 11) is 0. The molecule has 0 radical (unpaired) electrons. The summed E-state index contributed by atoms with van der Waals surface area (Å²) in [5, 5.41) is 3.60. The van der Waals surface area contributed by atoms with Crippen molar-refractivity contribution < 1.29 is 8.83 Å². The molecule has 4 heterocycles. The minimum absolute atomic E-state index is 0.512. The zero-order valence-electron chi connectivity index (χ0n) is 29.9. The minimum Gasteiger partial charge on any atom is -0.438 e. The second-order valence-electron chi connectivity index (χ2n) is 13.8. The molecule has 0 spiro atoms. The first-order valence-electron chi connectivity index (χ1n) is 18.6. The summed E-state index contributed by atoms with van der Waals surface area (Å²) < 4.78 is 12.9. The van der Waals surface area contributed by atoms with E-state index in [4.69, 9.17) is 28.8 Å². The Hall–Kier alpha value is -7.70. The molecule has 6 heteroatoms. The van der Waals surface area contributed by atoms with Crippen LogP contribution in [0.3, 0.4) is 0 Å². The number of hydrogen-bond acceptors (Lipinski definition) is 6. The van der Waals surface area contributed by atoms with E-state index in [-0.39, 0.29) is 0 Å². The van der Waals surface area contributed by atoms with Gasteiger partial charge >= 0.3 is 0 Å². The highest BCUT2D eigenvalue weighted by molar-refractivity contribution is 6.13. The molecule has 0 unspecified atom stereocenters. The largest absolute Gasteiger partial charge is 0.438 e. The van der Waals surface area contributed by atoms with E-state index in [2.05, 4.69) is 97.1 Å². The van der Waals surface area contributed by atoms with Crippen LogP contribution in [0.15, 0.2) is 191 Å². The molecule has 0 fully saturated rings. The number of furan rings is 2. The van der Waals surface area contributed by atoms with Gasteiger partial charge in [-0.2, -0.15) is 9.97 Å². The van der Waals surface area contributed by atoms with Crippen LogP contribution in [0.5, 0.6) is 0 Å². The monoisotopic (exact) mass is 718 g/mol. The molecule has 7 aromatic carbocycles. The number of benzene rings is 7. The molecule has 0 atom stereocenters. The van der Waals surface area contributed by atoms with Crippen LogP contribution in [0.25, 0.3) is 112 Å². The Morgan fingerprint density at radius 3 is 1.39 bits per heavy atom. The highest BCUT2D eigenvalue weighted by Crippen LogP contribution is 2.42. The standard InChI is InChI=1S/C50H30N4O2/c1-3-15-31(16-4-1)33-19-13-21-35(29-33)45-43-39-25-9-11-27-41(39)55-49(43)54-48(51-45)38-24-8-7-23-37(38)46-44-40-26-10-12-28-42(40)56-50(44)53-47(52-46)36-22-14-20-34(30-36)32-17-5-2-6-18-32/h1-30H. The van der Waals surface area contributed by atoms with Crippen molar-refractivity contribution in [2.45, 2.75) is 0 Å². The van der Waals surface area contributed by atoms with E-state index in [0.29, 0.717) is 23.1 Å². The third-order valence-electron chi connectivity index (χ3n) is 10.4. The summed E-state index contributed by atoms with van der Waals surface area (Å²) >= 11 is 0. The number of hydrogen-bond donors (Lipinski definition) is 0. The lowest BCUT2D eigenvalue weighted by Crippen LogP contribution is -1.98. The quantitative estimate of drug-likeness (QED) is 0.170. The number of nitrogens with zero attached hydrogens (tertiary/aromatic N) is 4. The normalized spacial score (nSPS) is 11.6. The molecule has 11 rings (SSSR count). The van der Waals surface area contributed by atoms with E-state index in [1.165, 1.54) is 0 Å². The van der Waals surface area contributed by atoms with Crippen LogP contribution in [0.2, 0.25) is 0 Å². The summed E-state index contributed by atoms with van der Waals surface area (Å²) in [6, 6.07) is 61.8. The second-order valence-corrected chi connectivity index (χ2v) is 13.8. The fourth-order valence-corrected chi connectivity index (χ4v) is 7.73. The van der Waals surface area contributed by atoms with Gasteiger partial charge in [0.15, 0.2) is 11.6 Å². The van der Waals surface area contributed by atoms with Gasteiger partial charge in [-0.3, -0.25) is 0 Å². The van der Waals surface area contributed by atoms with Gasteiger partial charge in [0.1, 0.15) is 11.2 Å². The summed E-state index contributed by atoms with van der Waals surface area (Å²) in [6.07, 6.45) is 0. The lowest BCUT2D eigenvalue weighted by Gasteiger charge is -2.13. The fourth-order valence-electron chi connectivity index (χ4n) is 7.73. The first kappa shape index (κ1) is 31.8. The van der Waals surface area contributed by atoms with Crippen LogP contribution in [-0.2, 0) is 0 Å².